The first kappa shape index (κ1) is 25.8. The molecular formula is C35H33N3O2. The van der Waals surface area contributed by atoms with Crippen LogP contribution in [-0.2, 0) is 11.2 Å². The number of aromatic nitrogens is 2. The Labute approximate surface area is 235 Å². The first-order valence-electron chi connectivity index (χ1n) is 14.1. The third-order valence-electron chi connectivity index (χ3n) is 7.82. The van der Waals surface area contributed by atoms with Crippen molar-refractivity contribution in [3.63, 3.8) is 0 Å². The Morgan fingerprint density at radius 3 is 2.25 bits per heavy atom. The Morgan fingerprint density at radius 1 is 0.850 bits per heavy atom. The van der Waals surface area contributed by atoms with Crippen LogP contribution in [0.25, 0.3) is 33.8 Å². The number of amides is 1. The van der Waals surface area contributed by atoms with Gasteiger partial charge < -0.3 is 9.32 Å². The molecule has 0 aliphatic carbocycles. The van der Waals surface area contributed by atoms with E-state index < -0.39 is 0 Å². The Morgan fingerprint density at radius 2 is 1.55 bits per heavy atom. The SMILES string of the molecule is Cc1cccc(C2CCN(C(=O)CCc3nc(-c4ccccc4)c(-c4ccccc4)o3)CC2)c1-c1ccccn1. The highest BCUT2D eigenvalue weighted by Crippen LogP contribution is 2.37. The van der Waals surface area contributed by atoms with Crippen molar-refractivity contribution in [2.45, 2.75) is 38.5 Å². The molecule has 0 bridgehead atoms. The minimum atomic E-state index is 0.161. The molecular weight excluding hydrogens is 494 g/mol. The standard InChI is InChI=1S/C35H33N3O2/c1-25-11-10-16-29(33(25)30-17-8-9-22-36-30)26-20-23-38(24-21-26)32(39)19-18-31-37-34(27-12-4-2-5-13-27)35(40-31)28-14-6-3-7-15-28/h2-17,22,26H,18-21,23-24H2,1H3. The summed E-state index contributed by atoms with van der Waals surface area (Å²) in [5.74, 6) is 1.92. The summed E-state index contributed by atoms with van der Waals surface area (Å²) in [6.07, 6.45) is 4.62. The van der Waals surface area contributed by atoms with Crippen LogP contribution in [0, 0.1) is 6.92 Å². The predicted octanol–water partition coefficient (Wildman–Crippen LogP) is 7.72. The van der Waals surface area contributed by atoms with E-state index in [-0.39, 0.29) is 5.91 Å². The molecule has 0 unspecified atom stereocenters. The number of nitrogens with zero attached hydrogens (tertiary/aromatic N) is 3. The number of likely N-dealkylation sites (tertiary alicyclic amines) is 1. The van der Waals surface area contributed by atoms with Gasteiger partial charge in [-0.05, 0) is 48.9 Å². The van der Waals surface area contributed by atoms with Gasteiger partial charge in [0.25, 0.3) is 0 Å². The highest BCUT2D eigenvalue weighted by atomic mass is 16.4. The second-order valence-electron chi connectivity index (χ2n) is 10.4. The fourth-order valence-electron chi connectivity index (χ4n) is 5.75. The normalized spacial score (nSPS) is 13.9. The Kier molecular flexibility index (Phi) is 7.53. The number of piperidine rings is 1. The molecule has 0 N–H and O–H groups in total. The van der Waals surface area contributed by atoms with Gasteiger partial charge in [-0.25, -0.2) is 4.98 Å². The van der Waals surface area contributed by atoms with Gasteiger partial charge in [0.05, 0.1) is 5.69 Å². The van der Waals surface area contributed by atoms with E-state index in [1.54, 1.807) is 0 Å². The zero-order valence-corrected chi connectivity index (χ0v) is 22.8. The smallest absolute Gasteiger partial charge is 0.223 e. The van der Waals surface area contributed by atoms with Crippen LogP contribution in [0.1, 0.15) is 42.2 Å². The van der Waals surface area contributed by atoms with E-state index >= 15 is 0 Å². The van der Waals surface area contributed by atoms with Crippen molar-refractivity contribution in [2.75, 3.05) is 13.1 Å². The van der Waals surface area contributed by atoms with Gasteiger partial charge in [0.2, 0.25) is 5.91 Å². The molecule has 200 valence electrons. The predicted molar refractivity (Wildman–Crippen MR) is 159 cm³/mol. The third-order valence-corrected chi connectivity index (χ3v) is 7.82. The van der Waals surface area contributed by atoms with Gasteiger partial charge >= 0.3 is 0 Å². The summed E-state index contributed by atoms with van der Waals surface area (Å²) < 4.78 is 6.25. The van der Waals surface area contributed by atoms with Crippen LogP contribution in [0.4, 0.5) is 0 Å². The summed E-state index contributed by atoms with van der Waals surface area (Å²) in [6.45, 7) is 3.67. The molecule has 0 spiro atoms. The number of hydrogen-bond acceptors (Lipinski definition) is 4. The molecule has 0 saturated carbocycles. The lowest BCUT2D eigenvalue weighted by Crippen LogP contribution is -2.38. The average molecular weight is 528 g/mol. The lowest BCUT2D eigenvalue weighted by atomic mass is 9.84. The number of carbonyl (C=O) groups excluding carboxylic acids is 1. The van der Waals surface area contributed by atoms with Gasteiger partial charge in [0, 0.05) is 48.8 Å². The number of pyridine rings is 1. The second-order valence-corrected chi connectivity index (χ2v) is 10.4. The van der Waals surface area contributed by atoms with Gasteiger partial charge in [-0.3, -0.25) is 9.78 Å². The van der Waals surface area contributed by atoms with E-state index in [0.717, 1.165) is 54.2 Å². The number of rotatable bonds is 7. The van der Waals surface area contributed by atoms with E-state index in [0.29, 0.717) is 24.7 Å². The van der Waals surface area contributed by atoms with Crippen LogP contribution in [0.5, 0.6) is 0 Å². The van der Waals surface area contributed by atoms with Crippen molar-refractivity contribution in [2.24, 2.45) is 0 Å². The van der Waals surface area contributed by atoms with Gasteiger partial charge in [-0.1, -0.05) is 84.9 Å². The minimum Gasteiger partial charge on any atom is -0.440 e. The van der Waals surface area contributed by atoms with E-state index in [4.69, 9.17) is 9.40 Å². The fraction of sp³-hybridized carbons (Fsp3) is 0.229. The molecule has 0 atom stereocenters. The number of hydrogen-bond donors (Lipinski definition) is 0. The van der Waals surface area contributed by atoms with Crippen LogP contribution in [0.3, 0.4) is 0 Å². The zero-order valence-electron chi connectivity index (χ0n) is 22.8. The van der Waals surface area contributed by atoms with Crippen molar-refractivity contribution >= 4 is 5.91 Å². The topological polar surface area (TPSA) is 59.2 Å². The van der Waals surface area contributed by atoms with Crippen LogP contribution in [0.2, 0.25) is 0 Å². The van der Waals surface area contributed by atoms with Gasteiger partial charge in [0.1, 0.15) is 5.69 Å². The summed E-state index contributed by atoms with van der Waals surface area (Å²) >= 11 is 0. The molecule has 5 nitrogen and oxygen atoms in total. The molecule has 3 aromatic carbocycles. The first-order chi connectivity index (χ1) is 19.7. The van der Waals surface area contributed by atoms with E-state index in [2.05, 4.69) is 36.2 Å². The van der Waals surface area contributed by atoms with Gasteiger partial charge in [0.15, 0.2) is 11.7 Å². The average Bonchev–Trinajstić information content (AvgIpc) is 3.45. The van der Waals surface area contributed by atoms with Crippen molar-refractivity contribution in [1.82, 2.24) is 14.9 Å². The molecule has 0 radical (unpaired) electrons. The van der Waals surface area contributed by atoms with Crippen LogP contribution < -0.4 is 0 Å². The number of oxazole rings is 1. The number of carbonyl (C=O) groups is 1. The lowest BCUT2D eigenvalue weighted by Gasteiger charge is -2.33. The van der Waals surface area contributed by atoms with Gasteiger partial charge in [-0.2, -0.15) is 0 Å². The fourth-order valence-corrected chi connectivity index (χ4v) is 5.75. The van der Waals surface area contributed by atoms with Gasteiger partial charge in [-0.15, -0.1) is 0 Å². The Balaban J connectivity index is 1.13. The van der Waals surface area contributed by atoms with E-state index in [1.165, 1.54) is 16.7 Å². The highest BCUT2D eigenvalue weighted by Gasteiger charge is 2.27. The second kappa shape index (κ2) is 11.7. The zero-order chi connectivity index (χ0) is 27.3. The van der Waals surface area contributed by atoms with E-state index in [9.17, 15) is 4.79 Å². The molecule has 1 aliphatic rings. The molecule has 1 aliphatic heterocycles. The highest BCUT2D eigenvalue weighted by molar-refractivity contribution is 5.78. The lowest BCUT2D eigenvalue weighted by molar-refractivity contribution is -0.132. The van der Waals surface area contributed by atoms with Crippen LogP contribution >= 0.6 is 0 Å². The molecule has 3 heterocycles. The van der Waals surface area contributed by atoms with Crippen molar-refractivity contribution in [1.29, 1.82) is 0 Å². The molecule has 1 fully saturated rings. The number of aryl methyl sites for hydroxylation is 2. The minimum absolute atomic E-state index is 0.161. The molecule has 1 saturated heterocycles. The Bertz CT molecular complexity index is 1510. The first-order valence-corrected chi connectivity index (χ1v) is 14.1. The summed E-state index contributed by atoms with van der Waals surface area (Å²) in [5.41, 5.74) is 7.64. The Hall–Kier alpha value is -4.51. The summed E-state index contributed by atoms with van der Waals surface area (Å²) in [5, 5.41) is 0. The van der Waals surface area contributed by atoms with Crippen LogP contribution in [0.15, 0.2) is 108 Å². The molecule has 5 heteroatoms. The van der Waals surface area contributed by atoms with Crippen molar-refractivity contribution < 1.29 is 9.21 Å². The van der Waals surface area contributed by atoms with E-state index in [1.807, 2.05) is 83.9 Å². The molecule has 6 rings (SSSR count). The summed E-state index contributed by atoms with van der Waals surface area (Å²) in [6, 6.07) is 32.7. The maximum absolute atomic E-state index is 13.2. The summed E-state index contributed by atoms with van der Waals surface area (Å²) in [4.78, 5) is 24.7. The molecule has 2 aromatic heterocycles. The van der Waals surface area contributed by atoms with Crippen molar-refractivity contribution in [3.05, 3.63) is 120 Å². The molecule has 1 amide bonds. The van der Waals surface area contributed by atoms with Crippen molar-refractivity contribution in [3.8, 4) is 33.8 Å². The monoisotopic (exact) mass is 527 g/mol. The maximum atomic E-state index is 13.2. The number of benzene rings is 3. The maximum Gasteiger partial charge on any atom is 0.223 e. The van der Waals surface area contributed by atoms with Crippen LogP contribution in [-0.4, -0.2) is 33.9 Å². The molecule has 5 aromatic rings. The third kappa shape index (κ3) is 5.46. The quantitative estimate of drug-likeness (QED) is 0.217. The molecule has 40 heavy (non-hydrogen) atoms. The largest absolute Gasteiger partial charge is 0.440 e. The summed E-state index contributed by atoms with van der Waals surface area (Å²) in [7, 11) is 0.